The summed E-state index contributed by atoms with van der Waals surface area (Å²) in [5.41, 5.74) is 10.9. The van der Waals surface area contributed by atoms with Gasteiger partial charge in [-0.1, -0.05) is 103 Å². The lowest BCUT2D eigenvalue weighted by atomic mass is 9.92. The second-order valence-corrected chi connectivity index (χ2v) is 14.8. The molecule has 3 aromatic heterocycles. The predicted octanol–water partition coefficient (Wildman–Crippen LogP) is 14.7. The van der Waals surface area contributed by atoms with E-state index in [9.17, 15) is 0 Å². The predicted molar refractivity (Wildman–Crippen MR) is 229 cm³/mol. The van der Waals surface area contributed by atoms with Crippen molar-refractivity contribution in [2.24, 2.45) is 0 Å². The van der Waals surface area contributed by atoms with Crippen molar-refractivity contribution in [3.63, 3.8) is 0 Å². The van der Waals surface area contributed by atoms with E-state index >= 15 is 0 Å². The van der Waals surface area contributed by atoms with Gasteiger partial charge >= 0.3 is 0 Å². The first-order chi connectivity index (χ1) is 26.8. The Bertz CT molecular complexity index is 3150. The number of para-hydroxylation sites is 2. The van der Waals surface area contributed by atoms with Gasteiger partial charge in [-0.3, -0.25) is 0 Å². The molecule has 0 N–H and O–H groups in total. The van der Waals surface area contributed by atoms with Gasteiger partial charge in [0.1, 0.15) is 11.2 Å². The molecule has 11 aromatic rings. The molecule has 0 saturated carbocycles. The lowest BCUT2D eigenvalue weighted by molar-refractivity contribution is 0.669. The van der Waals surface area contributed by atoms with E-state index in [1.807, 2.05) is 11.3 Å². The summed E-state index contributed by atoms with van der Waals surface area (Å²) in [6, 6.07) is 65.3. The number of benzene rings is 8. The number of nitrogens with zero attached hydrogens (tertiary/aromatic N) is 2. The maximum Gasteiger partial charge on any atom is 0.136 e. The van der Waals surface area contributed by atoms with Crippen LogP contribution in [-0.2, 0) is 0 Å². The molecule has 0 radical (unpaired) electrons. The van der Waals surface area contributed by atoms with Crippen LogP contribution >= 0.6 is 11.3 Å². The van der Waals surface area contributed by atoms with E-state index in [-0.39, 0.29) is 0 Å². The smallest absolute Gasteiger partial charge is 0.136 e. The van der Waals surface area contributed by atoms with E-state index in [1.165, 1.54) is 53.2 Å². The number of fused-ring (bicyclic) bond motifs is 8. The first-order valence-electron chi connectivity index (χ1n) is 18.3. The van der Waals surface area contributed by atoms with Crippen LogP contribution in [0.15, 0.2) is 199 Å². The number of hydrogen-bond donors (Lipinski definition) is 0. The number of furan rings is 1. The van der Waals surface area contributed by atoms with Gasteiger partial charge in [-0.05, 0) is 101 Å². The summed E-state index contributed by atoms with van der Waals surface area (Å²) in [5, 5.41) is 7.35. The molecule has 0 fully saturated rings. The first-order valence-corrected chi connectivity index (χ1v) is 19.1. The van der Waals surface area contributed by atoms with Crippen LogP contribution in [0.25, 0.3) is 80.8 Å². The fraction of sp³-hybridized carbons (Fsp3) is 0. The highest BCUT2D eigenvalue weighted by molar-refractivity contribution is 7.26. The third-order valence-electron chi connectivity index (χ3n) is 10.6. The molecule has 54 heavy (non-hydrogen) atoms. The van der Waals surface area contributed by atoms with E-state index in [0.29, 0.717) is 0 Å². The molecule has 8 aromatic carbocycles. The Morgan fingerprint density at radius 3 is 1.96 bits per heavy atom. The second kappa shape index (κ2) is 12.4. The molecule has 254 valence electrons. The molecule has 0 aliphatic carbocycles. The summed E-state index contributed by atoms with van der Waals surface area (Å²) in [4.78, 5) is 2.33. The third kappa shape index (κ3) is 4.88. The van der Waals surface area contributed by atoms with Gasteiger partial charge in [-0.25, -0.2) is 0 Å². The molecule has 0 saturated heterocycles. The van der Waals surface area contributed by atoms with Gasteiger partial charge in [0.15, 0.2) is 0 Å². The Morgan fingerprint density at radius 1 is 0.426 bits per heavy atom. The normalized spacial score (nSPS) is 11.7. The number of aromatic nitrogens is 1. The maximum atomic E-state index is 6.60. The maximum absolute atomic E-state index is 6.60. The van der Waals surface area contributed by atoms with Gasteiger partial charge < -0.3 is 13.9 Å². The van der Waals surface area contributed by atoms with Crippen LogP contribution in [0.4, 0.5) is 17.1 Å². The number of thiophene rings is 1. The van der Waals surface area contributed by atoms with Crippen molar-refractivity contribution in [3.05, 3.63) is 194 Å². The Kier molecular flexibility index (Phi) is 7.04. The Labute approximate surface area is 316 Å². The van der Waals surface area contributed by atoms with Crippen LogP contribution in [0.3, 0.4) is 0 Å². The standard InChI is InChI=1S/C50H32N2OS/c1-2-13-34(14-3-1)52(35-25-23-33(24-26-35)37-15-6-8-20-45(37)51-29-10-11-30-51)36-27-28-46-44(31-36)49-40(19-12-21-47(49)53-46)42-32-43-39-17-7-9-22-48(39)54-50(43)41-18-5-4-16-38(41)42/h1-32H. The largest absolute Gasteiger partial charge is 0.456 e. The zero-order valence-electron chi connectivity index (χ0n) is 29.2. The van der Waals surface area contributed by atoms with Gasteiger partial charge in [-0.2, -0.15) is 0 Å². The number of rotatable bonds is 6. The van der Waals surface area contributed by atoms with Gasteiger partial charge in [0.25, 0.3) is 0 Å². The molecule has 3 nitrogen and oxygen atoms in total. The van der Waals surface area contributed by atoms with Crippen LogP contribution in [0.2, 0.25) is 0 Å². The topological polar surface area (TPSA) is 21.3 Å². The molecule has 4 heteroatoms. The van der Waals surface area contributed by atoms with Crippen LogP contribution in [0.5, 0.6) is 0 Å². The zero-order chi connectivity index (χ0) is 35.6. The number of anilines is 3. The van der Waals surface area contributed by atoms with Crippen molar-refractivity contribution < 1.29 is 4.42 Å². The molecule has 0 bridgehead atoms. The SMILES string of the molecule is c1ccc(N(c2ccc(-c3ccccc3-n3cccc3)cc2)c2ccc3oc4cccc(-c5cc6c7ccccc7sc6c6ccccc56)c4c3c2)cc1. The minimum Gasteiger partial charge on any atom is -0.456 e. The zero-order valence-corrected chi connectivity index (χ0v) is 30.0. The number of hydrogen-bond acceptors (Lipinski definition) is 3. The Morgan fingerprint density at radius 2 is 1.11 bits per heavy atom. The van der Waals surface area contributed by atoms with E-state index in [1.54, 1.807) is 0 Å². The van der Waals surface area contributed by atoms with E-state index in [2.05, 4.69) is 204 Å². The van der Waals surface area contributed by atoms with Gasteiger partial charge in [0.05, 0.1) is 5.69 Å². The van der Waals surface area contributed by atoms with Crippen molar-refractivity contribution in [1.82, 2.24) is 4.57 Å². The van der Waals surface area contributed by atoms with Crippen molar-refractivity contribution in [3.8, 4) is 27.9 Å². The second-order valence-electron chi connectivity index (χ2n) is 13.7. The van der Waals surface area contributed by atoms with E-state index < -0.39 is 0 Å². The van der Waals surface area contributed by atoms with Crippen LogP contribution in [0, 0.1) is 0 Å². The highest BCUT2D eigenvalue weighted by Crippen LogP contribution is 2.46. The summed E-state index contributed by atoms with van der Waals surface area (Å²) in [6.45, 7) is 0. The first kappa shape index (κ1) is 30.7. The van der Waals surface area contributed by atoms with Gasteiger partial charge in [-0.15, -0.1) is 11.3 Å². The molecular formula is C50H32N2OS. The molecule has 0 spiro atoms. The monoisotopic (exact) mass is 708 g/mol. The van der Waals surface area contributed by atoms with Crippen molar-refractivity contribution >= 4 is 81.3 Å². The lowest BCUT2D eigenvalue weighted by Gasteiger charge is -2.26. The van der Waals surface area contributed by atoms with Crippen molar-refractivity contribution in [2.75, 3.05) is 4.90 Å². The molecular weight excluding hydrogens is 677 g/mol. The average molecular weight is 709 g/mol. The molecule has 3 heterocycles. The summed E-state index contributed by atoms with van der Waals surface area (Å²) in [7, 11) is 0. The molecule has 0 amide bonds. The molecule has 0 aliphatic heterocycles. The average Bonchev–Trinajstić information content (AvgIpc) is 4.00. The molecule has 11 rings (SSSR count). The molecule has 0 aliphatic rings. The Hall–Kier alpha value is -6.88. The van der Waals surface area contributed by atoms with Crippen LogP contribution < -0.4 is 4.90 Å². The summed E-state index contributed by atoms with van der Waals surface area (Å²) in [6.07, 6.45) is 4.19. The summed E-state index contributed by atoms with van der Waals surface area (Å²) >= 11 is 1.88. The lowest BCUT2D eigenvalue weighted by Crippen LogP contribution is -2.09. The van der Waals surface area contributed by atoms with Crippen LogP contribution in [0.1, 0.15) is 0 Å². The van der Waals surface area contributed by atoms with Crippen LogP contribution in [-0.4, -0.2) is 4.57 Å². The Balaban J connectivity index is 1.09. The molecule has 0 atom stereocenters. The van der Waals surface area contributed by atoms with E-state index in [0.717, 1.165) is 44.7 Å². The summed E-state index contributed by atoms with van der Waals surface area (Å²) < 4.78 is 11.4. The van der Waals surface area contributed by atoms with Crippen molar-refractivity contribution in [1.29, 1.82) is 0 Å². The highest BCUT2D eigenvalue weighted by atomic mass is 32.1. The summed E-state index contributed by atoms with van der Waals surface area (Å²) in [5.74, 6) is 0. The fourth-order valence-electron chi connectivity index (χ4n) is 8.20. The van der Waals surface area contributed by atoms with Crippen molar-refractivity contribution in [2.45, 2.75) is 0 Å². The third-order valence-corrected chi connectivity index (χ3v) is 11.9. The quantitative estimate of drug-likeness (QED) is 0.171. The minimum absolute atomic E-state index is 0.873. The minimum atomic E-state index is 0.873. The fourth-order valence-corrected chi connectivity index (χ4v) is 9.42. The van der Waals surface area contributed by atoms with Gasteiger partial charge in [0, 0.05) is 71.4 Å². The highest BCUT2D eigenvalue weighted by Gasteiger charge is 2.20. The van der Waals surface area contributed by atoms with Gasteiger partial charge in [0.2, 0.25) is 0 Å². The van der Waals surface area contributed by atoms with E-state index in [4.69, 9.17) is 4.42 Å². The molecule has 0 unspecified atom stereocenters.